The highest BCUT2D eigenvalue weighted by Gasteiger charge is 2.11. The first kappa shape index (κ1) is 12.3. The van der Waals surface area contributed by atoms with E-state index in [9.17, 15) is 4.39 Å². The molecule has 0 saturated carbocycles. The lowest BCUT2D eigenvalue weighted by molar-refractivity contribution is 0.415. The molecule has 0 unspecified atom stereocenters. The van der Waals surface area contributed by atoms with Gasteiger partial charge < -0.3 is 16.2 Å². The second kappa shape index (κ2) is 4.97. The number of nitrogens with two attached hydrogens (primary N) is 2. The van der Waals surface area contributed by atoms with Crippen molar-refractivity contribution >= 4 is 5.82 Å². The molecule has 0 radical (unpaired) electrons. The van der Waals surface area contributed by atoms with E-state index in [-0.39, 0.29) is 12.4 Å². The zero-order valence-electron chi connectivity index (χ0n) is 9.85. The highest BCUT2D eigenvalue weighted by Crippen LogP contribution is 2.28. The number of hydrogen-bond donors (Lipinski definition) is 2. The summed E-state index contributed by atoms with van der Waals surface area (Å²) in [4.78, 5) is 8.22. The molecule has 0 amide bonds. The minimum Gasteiger partial charge on any atom is -0.496 e. The molecule has 4 N–H and O–H groups in total. The number of aromatic nitrogens is 2. The topological polar surface area (TPSA) is 87.0 Å². The Balaban J connectivity index is 2.54. The van der Waals surface area contributed by atoms with E-state index in [0.29, 0.717) is 22.7 Å². The first-order chi connectivity index (χ1) is 8.65. The molecule has 1 aromatic heterocycles. The molecule has 2 aromatic rings. The van der Waals surface area contributed by atoms with Crippen molar-refractivity contribution < 1.29 is 9.13 Å². The molecule has 0 bridgehead atoms. The van der Waals surface area contributed by atoms with Crippen LogP contribution in [-0.4, -0.2) is 17.1 Å². The first-order valence-electron chi connectivity index (χ1n) is 5.31. The molecule has 6 heteroatoms. The Labute approximate surface area is 104 Å². The molecule has 0 aliphatic rings. The fraction of sp³-hybridized carbons (Fsp3) is 0.167. The zero-order valence-corrected chi connectivity index (χ0v) is 9.85. The van der Waals surface area contributed by atoms with E-state index in [0.717, 1.165) is 0 Å². The lowest BCUT2D eigenvalue weighted by Crippen LogP contribution is -2.06. The van der Waals surface area contributed by atoms with E-state index < -0.39 is 5.82 Å². The van der Waals surface area contributed by atoms with Crippen LogP contribution in [0.1, 0.15) is 5.56 Å². The van der Waals surface area contributed by atoms with Crippen LogP contribution in [0.2, 0.25) is 0 Å². The number of anilines is 1. The summed E-state index contributed by atoms with van der Waals surface area (Å²) in [5, 5.41) is 0. The summed E-state index contributed by atoms with van der Waals surface area (Å²) < 4.78 is 18.4. The number of hydrogen-bond acceptors (Lipinski definition) is 5. The predicted molar refractivity (Wildman–Crippen MR) is 66.3 cm³/mol. The summed E-state index contributed by atoms with van der Waals surface area (Å²) in [6, 6.07) is 4.12. The lowest BCUT2D eigenvalue weighted by atomic mass is 10.1. The smallest absolute Gasteiger partial charge is 0.165 e. The average molecular weight is 248 g/mol. The highest BCUT2D eigenvalue weighted by molar-refractivity contribution is 5.65. The molecular weight excluding hydrogens is 235 g/mol. The Hall–Kier alpha value is -2.21. The summed E-state index contributed by atoms with van der Waals surface area (Å²) in [7, 11) is 1.49. The summed E-state index contributed by atoms with van der Waals surface area (Å²) >= 11 is 0. The molecule has 0 aliphatic carbocycles. The van der Waals surface area contributed by atoms with Gasteiger partial charge in [0.2, 0.25) is 0 Å². The molecule has 0 atom stereocenters. The van der Waals surface area contributed by atoms with Gasteiger partial charge in [-0.25, -0.2) is 14.4 Å². The van der Waals surface area contributed by atoms with Crippen molar-refractivity contribution in [3.63, 3.8) is 0 Å². The van der Waals surface area contributed by atoms with Crippen molar-refractivity contribution in [3.8, 4) is 17.1 Å². The van der Waals surface area contributed by atoms with Gasteiger partial charge in [-0.15, -0.1) is 0 Å². The van der Waals surface area contributed by atoms with Crippen LogP contribution in [0.5, 0.6) is 5.75 Å². The number of halogens is 1. The molecule has 2 rings (SSSR count). The second-order valence-corrected chi connectivity index (χ2v) is 3.65. The Morgan fingerprint density at radius 3 is 2.78 bits per heavy atom. The van der Waals surface area contributed by atoms with E-state index in [1.165, 1.54) is 31.5 Å². The minimum absolute atomic E-state index is 0.256. The van der Waals surface area contributed by atoms with Crippen molar-refractivity contribution in [2.75, 3.05) is 12.8 Å². The van der Waals surface area contributed by atoms with Crippen molar-refractivity contribution in [1.29, 1.82) is 0 Å². The number of nitrogen functional groups attached to an aromatic ring is 1. The molecule has 0 saturated heterocycles. The van der Waals surface area contributed by atoms with Crippen LogP contribution in [0.3, 0.4) is 0 Å². The highest BCUT2D eigenvalue weighted by atomic mass is 19.1. The second-order valence-electron chi connectivity index (χ2n) is 3.65. The fourth-order valence-electron chi connectivity index (χ4n) is 1.56. The first-order valence-corrected chi connectivity index (χ1v) is 5.31. The SMILES string of the molecule is COc1ccc(F)cc1-c1ncc(CN)c(N)n1. The molecule has 0 aliphatic heterocycles. The molecule has 1 aromatic carbocycles. The monoisotopic (exact) mass is 248 g/mol. The van der Waals surface area contributed by atoms with Gasteiger partial charge in [0.1, 0.15) is 17.4 Å². The third-order valence-electron chi connectivity index (χ3n) is 2.52. The van der Waals surface area contributed by atoms with Gasteiger partial charge >= 0.3 is 0 Å². The van der Waals surface area contributed by atoms with Crippen molar-refractivity contribution in [3.05, 3.63) is 35.8 Å². The Morgan fingerprint density at radius 2 is 2.17 bits per heavy atom. The maximum absolute atomic E-state index is 13.3. The number of rotatable bonds is 3. The fourth-order valence-corrected chi connectivity index (χ4v) is 1.56. The van der Waals surface area contributed by atoms with Gasteiger partial charge in [-0.3, -0.25) is 0 Å². The third kappa shape index (κ3) is 2.23. The average Bonchev–Trinajstić information content (AvgIpc) is 2.38. The van der Waals surface area contributed by atoms with Crippen LogP contribution < -0.4 is 16.2 Å². The van der Waals surface area contributed by atoms with Gasteiger partial charge in [0.15, 0.2) is 5.82 Å². The molecule has 0 spiro atoms. The standard InChI is InChI=1S/C12H13FN4O/c1-18-10-3-2-8(13)4-9(10)12-16-6-7(5-14)11(15)17-12/h2-4,6H,5,14H2,1H3,(H2,15,16,17). The van der Waals surface area contributed by atoms with Crippen LogP contribution in [0.4, 0.5) is 10.2 Å². The van der Waals surface area contributed by atoms with E-state index >= 15 is 0 Å². The Bertz CT molecular complexity index is 574. The van der Waals surface area contributed by atoms with Crippen molar-refractivity contribution in [1.82, 2.24) is 9.97 Å². The Morgan fingerprint density at radius 1 is 1.39 bits per heavy atom. The van der Waals surface area contributed by atoms with Crippen molar-refractivity contribution in [2.24, 2.45) is 5.73 Å². The summed E-state index contributed by atoms with van der Waals surface area (Å²) in [5.74, 6) is 0.682. The largest absolute Gasteiger partial charge is 0.496 e. The van der Waals surface area contributed by atoms with Gasteiger partial charge in [0.05, 0.1) is 12.7 Å². The van der Waals surface area contributed by atoms with Crippen LogP contribution in [0.25, 0.3) is 11.4 Å². The molecule has 5 nitrogen and oxygen atoms in total. The molecule has 1 heterocycles. The maximum Gasteiger partial charge on any atom is 0.165 e. The third-order valence-corrected chi connectivity index (χ3v) is 2.52. The van der Waals surface area contributed by atoms with Crippen LogP contribution in [0.15, 0.2) is 24.4 Å². The molecule has 94 valence electrons. The quantitative estimate of drug-likeness (QED) is 0.855. The van der Waals surface area contributed by atoms with Crippen LogP contribution in [-0.2, 0) is 6.54 Å². The summed E-state index contributed by atoms with van der Waals surface area (Å²) in [5.41, 5.74) is 12.3. The summed E-state index contributed by atoms with van der Waals surface area (Å²) in [6.07, 6.45) is 1.53. The maximum atomic E-state index is 13.3. The molecule has 0 fully saturated rings. The number of benzene rings is 1. The van der Waals surface area contributed by atoms with Gasteiger partial charge in [-0.2, -0.15) is 0 Å². The molecule has 18 heavy (non-hydrogen) atoms. The van der Waals surface area contributed by atoms with Crippen LogP contribution in [0, 0.1) is 5.82 Å². The van der Waals surface area contributed by atoms with E-state index in [1.807, 2.05) is 0 Å². The zero-order chi connectivity index (χ0) is 13.1. The minimum atomic E-state index is -0.393. The van der Waals surface area contributed by atoms with Gasteiger partial charge in [-0.1, -0.05) is 0 Å². The van der Waals surface area contributed by atoms with Crippen LogP contribution >= 0.6 is 0 Å². The van der Waals surface area contributed by atoms with E-state index in [1.54, 1.807) is 0 Å². The van der Waals surface area contributed by atoms with Gasteiger partial charge in [0, 0.05) is 18.3 Å². The lowest BCUT2D eigenvalue weighted by Gasteiger charge is -2.09. The van der Waals surface area contributed by atoms with Crippen molar-refractivity contribution in [2.45, 2.75) is 6.54 Å². The van der Waals surface area contributed by atoms with Gasteiger partial charge in [0.25, 0.3) is 0 Å². The molecular formula is C12H13FN4O. The predicted octanol–water partition coefficient (Wildman–Crippen LogP) is 1.33. The number of nitrogens with zero attached hydrogens (tertiary/aromatic N) is 2. The van der Waals surface area contributed by atoms with Gasteiger partial charge in [-0.05, 0) is 18.2 Å². The van der Waals surface area contributed by atoms with E-state index in [4.69, 9.17) is 16.2 Å². The normalized spacial score (nSPS) is 10.4. The van der Waals surface area contributed by atoms with E-state index in [2.05, 4.69) is 9.97 Å². The summed E-state index contributed by atoms with van der Waals surface area (Å²) in [6.45, 7) is 0.256. The Kier molecular flexibility index (Phi) is 3.38. The number of methoxy groups -OCH3 is 1. The number of ether oxygens (including phenoxy) is 1.